The van der Waals surface area contributed by atoms with Crippen LogP contribution in [-0.4, -0.2) is 42.9 Å². The Labute approximate surface area is 113 Å². The van der Waals surface area contributed by atoms with Crippen molar-refractivity contribution in [1.82, 2.24) is 9.97 Å². The Morgan fingerprint density at radius 1 is 1.26 bits per heavy atom. The molecule has 0 atom stereocenters. The van der Waals surface area contributed by atoms with Gasteiger partial charge in [-0.25, -0.2) is 9.97 Å². The van der Waals surface area contributed by atoms with Gasteiger partial charge in [-0.05, 0) is 25.0 Å². The molecule has 5 nitrogen and oxygen atoms in total. The second-order valence-electron chi connectivity index (χ2n) is 4.85. The van der Waals surface area contributed by atoms with Crippen LogP contribution in [0.5, 0.6) is 5.75 Å². The first-order valence-corrected chi connectivity index (χ1v) is 6.81. The van der Waals surface area contributed by atoms with Crippen LogP contribution in [0.1, 0.15) is 24.9 Å². The highest BCUT2D eigenvalue weighted by Gasteiger charge is 2.23. The van der Waals surface area contributed by atoms with Gasteiger partial charge in [0.2, 0.25) is 0 Å². The van der Waals surface area contributed by atoms with Gasteiger partial charge in [-0.15, -0.1) is 0 Å². The highest BCUT2D eigenvalue weighted by Crippen LogP contribution is 2.34. The van der Waals surface area contributed by atoms with Gasteiger partial charge in [0.25, 0.3) is 0 Å². The molecule has 0 saturated carbocycles. The van der Waals surface area contributed by atoms with Gasteiger partial charge in [-0.1, -0.05) is 6.92 Å². The molecule has 0 unspecified atom stereocenters. The van der Waals surface area contributed by atoms with E-state index in [-0.39, 0.29) is 0 Å². The van der Waals surface area contributed by atoms with Crippen molar-refractivity contribution in [2.75, 3.05) is 37.8 Å². The van der Waals surface area contributed by atoms with Crippen LogP contribution in [0.2, 0.25) is 0 Å². The van der Waals surface area contributed by atoms with Crippen LogP contribution in [0.4, 0.5) is 5.82 Å². The van der Waals surface area contributed by atoms with E-state index < -0.39 is 0 Å². The molecule has 0 spiro atoms. The molecule has 19 heavy (non-hydrogen) atoms. The SMILES string of the molecule is CCC1=Cc2nc(C)nc(N3CCOCC3)c2OC1. The van der Waals surface area contributed by atoms with Crippen molar-refractivity contribution in [3.63, 3.8) is 0 Å². The molecule has 3 rings (SSSR count). The van der Waals surface area contributed by atoms with Crippen molar-refractivity contribution in [3.8, 4) is 5.75 Å². The fraction of sp³-hybridized carbons (Fsp3) is 0.571. The largest absolute Gasteiger partial charge is 0.483 e. The van der Waals surface area contributed by atoms with Gasteiger partial charge in [-0.2, -0.15) is 0 Å². The normalized spacial score (nSPS) is 18.6. The zero-order valence-corrected chi connectivity index (χ0v) is 11.5. The van der Waals surface area contributed by atoms with Gasteiger partial charge in [0.15, 0.2) is 11.6 Å². The van der Waals surface area contributed by atoms with Gasteiger partial charge in [0.05, 0.1) is 13.2 Å². The number of hydrogen-bond acceptors (Lipinski definition) is 5. The summed E-state index contributed by atoms with van der Waals surface area (Å²) in [7, 11) is 0. The van der Waals surface area contributed by atoms with E-state index in [2.05, 4.69) is 27.9 Å². The molecule has 2 aliphatic rings. The summed E-state index contributed by atoms with van der Waals surface area (Å²) in [5, 5.41) is 0. The summed E-state index contributed by atoms with van der Waals surface area (Å²) >= 11 is 0. The summed E-state index contributed by atoms with van der Waals surface area (Å²) in [5.41, 5.74) is 2.19. The molecule has 2 aliphatic heterocycles. The Morgan fingerprint density at radius 3 is 2.79 bits per heavy atom. The lowest BCUT2D eigenvalue weighted by Crippen LogP contribution is -2.37. The molecule has 102 valence electrons. The Morgan fingerprint density at radius 2 is 2.05 bits per heavy atom. The average Bonchev–Trinajstić information content (AvgIpc) is 2.46. The van der Waals surface area contributed by atoms with E-state index in [4.69, 9.17) is 9.47 Å². The standard InChI is InChI=1S/C14H19N3O2/c1-3-11-8-12-13(19-9-11)14(16-10(2)15-12)17-4-6-18-7-5-17/h8H,3-7,9H2,1-2H3. The van der Waals surface area contributed by atoms with Crippen molar-refractivity contribution in [2.24, 2.45) is 0 Å². The second kappa shape index (κ2) is 5.17. The smallest absolute Gasteiger partial charge is 0.187 e. The van der Waals surface area contributed by atoms with Crippen LogP contribution in [0, 0.1) is 6.92 Å². The molecule has 1 fully saturated rings. The van der Waals surface area contributed by atoms with E-state index in [9.17, 15) is 0 Å². The predicted octanol–water partition coefficient (Wildman–Crippen LogP) is 1.81. The summed E-state index contributed by atoms with van der Waals surface area (Å²) in [6.07, 6.45) is 3.13. The number of fused-ring (bicyclic) bond motifs is 1. The highest BCUT2D eigenvalue weighted by atomic mass is 16.5. The third-order valence-electron chi connectivity index (χ3n) is 3.49. The topological polar surface area (TPSA) is 47.5 Å². The maximum absolute atomic E-state index is 5.89. The summed E-state index contributed by atoms with van der Waals surface area (Å²) in [6, 6.07) is 0. The number of anilines is 1. The van der Waals surface area contributed by atoms with Crippen molar-refractivity contribution in [3.05, 3.63) is 17.1 Å². The summed E-state index contributed by atoms with van der Waals surface area (Å²) in [5.74, 6) is 2.53. The monoisotopic (exact) mass is 261 g/mol. The molecule has 0 radical (unpaired) electrons. The predicted molar refractivity (Wildman–Crippen MR) is 73.6 cm³/mol. The Kier molecular flexibility index (Phi) is 3.38. The summed E-state index contributed by atoms with van der Waals surface area (Å²) in [6.45, 7) is 7.91. The third-order valence-corrected chi connectivity index (χ3v) is 3.49. The number of rotatable bonds is 2. The molecule has 0 bridgehead atoms. The molecular formula is C14H19N3O2. The zero-order valence-electron chi connectivity index (χ0n) is 11.5. The van der Waals surface area contributed by atoms with Gasteiger partial charge >= 0.3 is 0 Å². The van der Waals surface area contributed by atoms with Crippen LogP contribution < -0.4 is 9.64 Å². The summed E-state index contributed by atoms with van der Waals surface area (Å²) < 4.78 is 11.3. The molecule has 0 aromatic carbocycles. The first kappa shape index (κ1) is 12.4. The highest BCUT2D eigenvalue weighted by molar-refractivity contribution is 5.67. The van der Waals surface area contributed by atoms with E-state index in [0.717, 1.165) is 55.8 Å². The van der Waals surface area contributed by atoms with Gasteiger partial charge < -0.3 is 14.4 Å². The van der Waals surface area contributed by atoms with E-state index in [0.29, 0.717) is 6.61 Å². The number of aromatic nitrogens is 2. The van der Waals surface area contributed by atoms with Crippen LogP contribution in [0.15, 0.2) is 5.57 Å². The maximum atomic E-state index is 5.89. The Balaban J connectivity index is 2.01. The number of morpholine rings is 1. The van der Waals surface area contributed by atoms with E-state index in [1.165, 1.54) is 5.57 Å². The minimum Gasteiger partial charge on any atom is -0.483 e. The van der Waals surface area contributed by atoms with Gasteiger partial charge in [0, 0.05) is 13.1 Å². The zero-order chi connectivity index (χ0) is 13.2. The van der Waals surface area contributed by atoms with E-state index >= 15 is 0 Å². The number of nitrogens with zero attached hydrogens (tertiary/aromatic N) is 3. The quantitative estimate of drug-likeness (QED) is 0.812. The molecule has 1 aromatic rings. The van der Waals surface area contributed by atoms with E-state index in [1.807, 2.05) is 6.92 Å². The lowest BCUT2D eigenvalue weighted by molar-refractivity contribution is 0.122. The maximum Gasteiger partial charge on any atom is 0.187 e. The van der Waals surface area contributed by atoms with Crippen LogP contribution in [-0.2, 0) is 4.74 Å². The van der Waals surface area contributed by atoms with E-state index in [1.54, 1.807) is 0 Å². The van der Waals surface area contributed by atoms with Crippen LogP contribution in [0.3, 0.4) is 0 Å². The van der Waals surface area contributed by atoms with Gasteiger partial charge in [-0.3, -0.25) is 0 Å². The average molecular weight is 261 g/mol. The van der Waals surface area contributed by atoms with Crippen molar-refractivity contribution in [2.45, 2.75) is 20.3 Å². The molecule has 1 aromatic heterocycles. The fourth-order valence-electron chi connectivity index (χ4n) is 2.40. The van der Waals surface area contributed by atoms with Crippen LogP contribution >= 0.6 is 0 Å². The molecule has 0 amide bonds. The summed E-state index contributed by atoms with van der Waals surface area (Å²) in [4.78, 5) is 11.3. The minimum atomic E-state index is 0.646. The van der Waals surface area contributed by atoms with Crippen LogP contribution in [0.25, 0.3) is 6.08 Å². The molecule has 0 aliphatic carbocycles. The lowest BCUT2D eigenvalue weighted by Gasteiger charge is -2.30. The fourth-order valence-corrected chi connectivity index (χ4v) is 2.40. The van der Waals surface area contributed by atoms with Crippen molar-refractivity contribution in [1.29, 1.82) is 0 Å². The molecule has 5 heteroatoms. The first-order valence-electron chi connectivity index (χ1n) is 6.81. The Bertz CT molecular complexity index is 508. The second-order valence-corrected chi connectivity index (χ2v) is 4.85. The first-order chi connectivity index (χ1) is 9.28. The third kappa shape index (κ3) is 2.42. The molecule has 3 heterocycles. The lowest BCUT2D eigenvalue weighted by atomic mass is 10.1. The Hall–Kier alpha value is -1.62. The number of aryl methyl sites for hydroxylation is 1. The number of hydrogen-bond donors (Lipinski definition) is 0. The van der Waals surface area contributed by atoms with Crippen molar-refractivity contribution >= 4 is 11.9 Å². The minimum absolute atomic E-state index is 0.646. The molecular weight excluding hydrogens is 242 g/mol. The molecule has 0 N–H and O–H groups in total. The molecule has 1 saturated heterocycles. The number of ether oxygens (including phenoxy) is 2. The van der Waals surface area contributed by atoms with Crippen molar-refractivity contribution < 1.29 is 9.47 Å². The van der Waals surface area contributed by atoms with Gasteiger partial charge in [0.1, 0.15) is 18.1 Å².